The molecular weight excluding hydrogens is 854 g/mol. The number of nitrogens with two attached hydrogens (primary N) is 1. The minimum absolute atomic E-state index is 0.0393. The Balaban J connectivity index is 1.17. The summed E-state index contributed by atoms with van der Waals surface area (Å²) in [6.45, 7) is 0.487. The molecule has 344 valence electrons. The predicted octanol–water partition coefficient (Wildman–Crippen LogP) is 7.00. The number of carboxylic acid groups (broad SMARTS) is 1. The topological polar surface area (TPSA) is 195 Å². The zero-order chi connectivity index (χ0) is 46.6. The van der Waals surface area contributed by atoms with Crippen molar-refractivity contribution in [3.05, 3.63) is 89.2 Å². The third-order valence-corrected chi connectivity index (χ3v) is 12.1. The van der Waals surface area contributed by atoms with Crippen LogP contribution in [0, 0.1) is 11.8 Å². The van der Waals surface area contributed by atoms with Crippen LogP contribution in [0.25, 0.3) is 22.5 Å². The molecule has 3 amide bonds. The molecule has 2 aliphatic rings. The molecule has 3 aromatic carbocycles. The van der Waals surface area contributed by atoms with E-state index in [1.165, 1.54) is 60.7 Å². The second-order valence-corrected chi connectivity index (χ2v) is 16.6. The molecule has 1 heterocycles. The SMILES string of the molecule is CN(C)C1CCC(NC(=O)c2ccc(-c3ccc(C[C@H](NC(=O)C4CCC(CN)CC4)C(=O)Nc4ccc(-c5n[nH]c(C(F)(F)C(F)(F)C(=O)O)n5)cc4)cc3)c(C(F)(F)F)c2)CC1. The lowest BCUT2D eigenvalue weighted by Gasteiger charge is -2.33. The molecular formula is C44H49F7N8O5. The van der Waals surface area contributed by atoms with Gasteiger partial charge in [-0.25, -0.2) is 9.78 Å². The number of carbonyl (C=O) groups excluding carboxylic acids is 3. The monoisotopic (exact) mass is 902 g/mol. The van der Waals surface area contributed by atoms with Crippen molar-refractivity contribution in [1.29, 1.82) is 0 Å². The van der Waals surface area contributed by atoms with Crippen LogP contribution >= 0.6 is 0 Å². The normalized spacial score (nSPS) is 20.0. The Labute approximate surface area is 363 Å². The average Bonchev–Trinajstić information content (AvgIpc) is 3.78. The van der Waals surface area contributed by atoms with E-state index in [-0.39, 0.29) is 52.2 Å². The highest BCUT2D eigenvalue weighted by molar-refractivity contribution is 5.98. The summed E-state index contributed by atoms with van der Waals surface area (Å²) in [4.78, 5) is 56.7. The Kier molecular flexibility index (Phi) is 14.5. The van der Waals surface area contributed by atoms with Crippen molar-refractivity contribution in [2.24, 2.45) is 17.6 Å². The van der Waals surface area contributed by atoms with Gasteiger partial charge in [0.2, 0.25) is 17.6 Å². The molecule has 13 nitrogen and oxygen atoms in total. The van der Waals surface area contributed by atoms with Gasteiger partial charge in [-0.05, 0) is 131 Å². The van der Waals surface area contributed by atoms with Crippen LogP contribution in [0.1, 0.15) is 78.7 Å². The third kappa shape index (κ3) is 10.9. The van der Waals surface area contributed by atoms with Crippen molar-refractivity contribution in [3.63, 3.8) is 0 Å². The lowest BCUT2D eigenvalue weighted by Crippen LogP contribution is -2.48. The molecule has 0 bridgehead atoms. The van der Waals surface area contributed by atoms with E-state index in [2.05, 4.69) is 30.9 Å². The van der Waals surface area contributed by atoms with Crippen LogP contribution in [0.3, 0.4) is 0 Å². The molecule has 2 saturated carbocycles. The van der Waals surface area contributed by atoms with Crippen LogP contribution in [0.2, 0.25) is 0 Å². The lowest BCUT2D eigenvalue weighted by molar-refractivity contribution is -0.231. The van der Waals surface area contributed by atoms with Gasteiger partial charge >= 0.3 is 24.0 Å². The molecule has 1 atom stereocenters. The number of amides is 3. The average molecular weight is 903 g/mol. The standard InChI is InChI=1S/C44H49F7N8O5/c1-59(2)32-18-16-31(17-19-32)53-38(61)29-13-20-33(34(22-29)44(49,50)51)26-7-3-24(4-8-26)21-35(55-37(60)28-9-5-25(23-52)6-10-28)39(62)54-30-14-11-27(12-15-30)36-56-40(58-57-36)42(45,46)43(47,48)41(63)64/h3-4,7-8,11-15,20,22,25,28,31-32,35H,5-6,9-10,16-19,21,23,52H2,1-2H3,(H,53,61)(H,54,62)(H,55,60)(H,63,64)(H,56,57,58)/t25?,28?,31?,32?,35-/m0/s1. The molecule has 2 aliphatic carbocycles. The lowest BCUT2D eigenvalue weighted by atomic mass is 9.81. The summed E-state index contributed by atoms with van der Waals surface area (Å²) in [6.07, 6.45) is 0.855. The zero-order valence-electron chi connectivity index (χ0n) is 35.0. The first-order valence-electron chi connectivity index (χ1n) is 20.8. The van der Waals surface area contributed by atoms with Gasteiger partial charge in [0.25, 0.3) is 5.91 Å². The molecule has 2 fully saturated rings. The van der Waals surface area contributed by atoms with Crippen LogP contribution in [0.4, 0.5) is 36.4 Å². The van der Waals surface area contributed by atoms with Gasteiger partial charge in [0.15, 0.2) is 5.82 Å². The maximum absolute atomic E-state index is 14.5. The number of hydrogen-bond donors (Lipinski definition) is 6. The summed E-state index contributed by atoms with van der Waals surface area (Å²) >= 11 is 0. The number of H-pyrrole nitrogens is 1. The van der Waals surface area contributed by atoms with Gasteiger partial charge in [0.05, 0.1) is 5.56 Å². The number of alkyl halides is 7. The molecule has 1 aromatic heterocycles. The number of rotatable bonds is 15. The van der Waals surface area contributed by atoms with Crippen LogP contribution in [-0.4, -0.2) is 93.6 Å². The molecule has 0 saturated heterocycles. The molecule has 0 radical (unpaired) electrons. The van der Waals surface area contributed by atoms with Gasteiger partial charge in [-0.2, -0.15) is 35.8 Å². The summed E-state index contributed by atoms with van der Waals surface area (Å²) in [5, 5.41) is 22.1. The maximum Gasteiger partial charge on any atom is 0.417 e. The van der Waals surface area contributed by atoms with E-state index in [9.17, 15) is 49.9 Å². The van der Waals surface area contributed by atoms with Crippen LogP contribution < -0.4 is 21.7 Å². The van der Waals surface area contributed by atoms with Crippen molar-refractivity contribution in [3.8, 4) is 22.5 Å². The van der Waals surface area contributed by atoms with Gasteiger partial charge < -0.3 is 31.7 Å². The van der Waals surface area contributed by atoms with Crippen molar-refractivity contribution in [2.75, 3.05) is 26.0 Å². The highest BCUT2D eigenvalue weighted by Crippen LogP contribution is 2.42. The van der Waals surface area contributed by atoms with Crippen molar-refractivity contribution >= 4 is 29.4 Å². The van der Waals surface area contributed by atoms with Gasteiger partial charge in [0.1, 0.15) is 6.04 Å². The van der Waals surface area contributed by atoms with Crippen molar-refractivity contribution in [1.82, 2.24) is 30.7 Å². The molecule has 64 heavy (non-hydrogen) atoms. The summed E-state index contributed by atoms with van der Waals surface area (Å²) < 4.78 is 99.5. The molecule has 4 aromatic rings. The number of aromatic nitrogens is 3. The largest absolute Gasteiger partial charge is 0.477 e. The molecule has 20 heteroatoms. The number of benzene rings is 3. The minimum atomic E-state index is -5.48. The van der Waals surface area contributed by atoms with E-state index in [1.807, 2.05) is 14.1 Å². The van der Waals surface area contributed by atoms with Gasteiger partial charge in [-0.15, -0.1) is 0 Å². The Morgan fingerprint density at radius 1 is 0.844 bits per heavy atom. The van der Waals surface area contributed by atoms with Crippen LogP contribution in [-0.2, 0) is 32.9 Å². The number of aromatic amines is 1. The fraction of sp³-hybridized carbons (Fsp3) is 0.455. The number of nitrogens with zero attached hydrogens (tertiary/aromatic N) is 3. The number of halogens is 7. The fourth-order valence-corrected chi connectivity index (χ4v) is 8.14. The minimum Gasteiger partial charge on any atom is -0.477 e. The maximum atomic E-state index is 14.5. The van der Waals surface area contributed by atoms with E-state index in [1.54, 1.807) is 5.10 Å². The summed E-state index contributed by atoms with van der Waals surface area (Å²) in [5.74, 6) is -17.6. The predicted molar refractivity (Wildman–Crippen MR) is 221 cm³/mol. The number of carbonyl (C=O) groups is 4. The first-order valence-corrected chi connectivity index (χ1v) is 20.8. The molecule has 0 aliphatic heterocycles. The first kappa shape index (κ1) is 47.6. The Bertz CT molecular complexity index is 2290. The first-order chi connectivity index (χ1) is 30.2. The Morgan fingerprint density at radius 3 is 2.05 bits per heavy atom. The molecule has 0 spiro atoms. The fourth-order valence-electron chi connectivity index (χ4n) is 8.14. The van der Waals surface area contributed by atoms with E-state index < -0.39 is 65.0 Å². The number of aliphatic carboxylic acids is 1. The summed E-state index contributed by atoms with van der Waals surface area (Å²) in [6, 6.07) is 13.7. The van der Waals surface area contributed by atoms with Crippen LogP contribution in [0.5, 0.6) is 0 Å². The van der Waals surface area contributed by atoms with Gasteiger partial charge in [-0.1, -0.05) is 30.3 Å². The number of hydrogen-bond acceptors (Lipinski definition) is 8. The zero-order valence-corrected chi connectivity index (χ0v) is 35.0. The van der Waals surface area contributed by atoms with Gasteiger partial charge in [0, 0.05) is 41.2 Å². The second-order valence-electron chi connectivity index (χ2n) is 16.6. The van der Waals surface area contributed by atoms with Gasteiger partial charge in [-0.3, -0.25) is 19.5 Å². The summed E-state index contributed by atoms with van der Waals surface area (Å²) in [5.41, 5.74) is 5.44. The molecule has 7 N–H and O–H groups in total. The molecule has 6 rings (SSSR count). The number of carboxylic acids is 1. The van der Waals surface area contributed by atoms with Crippen molar-refractivity contribution < 1.29 is 55.0 Å². The summed E-state index contributed by atoms with van der Waals surface area (Å²) in [7, 11) is 3.97. The number of anilines is 1. The quantitative estimate of drug-likeness (QED) is 0.0681. The van der Waals surface area contributed by atoms with E-state index in [4.69, 9.17) is 10.8 Å². The highest BCUT2D eigenvalue weighted by atomic mass is 19.4. The second kappa shape index (κ2) is 19.5. The Hall–Kier alpha value is -5.89. The van der Waals surface area contributed by atoms with E-state index in [0.717, 1.165) is 31.7 Å². The van der Waals surface area contributed by atoms with E-state index >= 15 is 0 Å². The van der Waals surface area contributed by atoms with E-state index in [0.29, 0.717) is 43.8 Å². The molecule has 0 unspecified atom stereocenters. The van der Waals surface area contributed by atoms with Crippen LogP contribution in [0.15, 0.2) is 66.7 Å². The Morgan fingerprint density at radius 2 is 1.47 bits per heavy atom. The highest BCUT2D eigenvalue weighted by Gasteiger charge is 2.65. The smallest absolute Gasteiger partial charge is 0.417 e. The number of nitrogens with one attached hydrogen (secondary N) is 4. The third-order valence-electron chi connectivity index (χ3n) is 12.1. The van der Waals surface area contributed by atoms with Crippen molar-refractivity contribution in [2.45, 2.75) is 93.9 Å².